The van der Waals surface area contributed by atoms with Crippen molar-refractivity contribution in [3.63, 3.8) is 0 Å². The average Bonchev–Trinajstić information content (AvgIpc) is 3.10. The average molecular weight is 427 g/mol. The van der Waals surface area contributed by atoms with E-state index in [1.54, 1.807) is 0 Å². The second-order valence-corrected chi connectivity index (χ2v) is 11.8. The van der Waals surface area contributed by atoms with Crippen molar-refractivity contribution < 1.29 is 14.2 Å². The molecule has 5 rings (SSSR count). The number of hydrogen-bond donors (Lipinski definition) is 1. The second-order valence-electron chi connectivity index (χ2n) is 11.8. The van der Waals surface area contributed by atoms with E-state index in [2.05, 4.69) is 51.2 Å². The minimum absolute atomic E-state index is 0.0307. The van der Waals surface area contributed by atoms with Crippen LogP contribution >= 0.6 is 0 Å². The van der Waals surface area contributed by atoms with Crippen LogP contribution in [0.15, 0.2) is 18.2 Å². The van der Waals surface area contributed by atoms with Gasteiger partial charge in [-0.05, 0) is 82.9 Å². The first kappa shape index (κ1) is 21.4. The van der Waals surface area contributed by atoms with Crippen LogP contribution in [0, 0.1) is 5.41 Å². The molecule has 0 aromatic carbocycles. The Balaban J connectivity index is 1.47. The summed E-state index contributed by atoms with van der Waals surface area (Å²) in [5.41, 5.74) is 4.46. The van der Waals surface area contributed by atoms with Crippen LogP contribution in [0.5, 0.6) is 0 Å². The van der Waals surface area contributed by atoms with Crippen molar-refractivity contribution in [3.8, 4) is 0 Å². The molecule has 0 amide bonds. The first-order chi connectivity index (χ1) is 14.4. The summed E-state index contributed by atoms with van der Waals surface area (Å²) in [5, 5.41) is 3.36. The van der Waals surface area contributed by atoms with E-state index in [4.69, 9.17) is 19.2 Å². The molecule has 5 nitrogen and oxygen atoms in total. The molecular formula is C26H38N2O3. The van der Waals surface area contributed by atoms with Crippen LogP contribution in [0.25, 0.3) is 5.57 Å². The molecule has 0 saturated carbocycles. The highest BCUT2D eigenvalue weighted by Crippen LogP contribution is 2.58. The SMILES string of the molecule is CNc1ccc([C@H]2C[C@@]3(C)O[C@@](C)(C2)[C@@H]2OC(C)(C)O[C@@H]23)nc1C1=CCC(C)(C)CC1. The molecule has 0 spiro atoms. The van der Waals surface area contributed by atoms with Crippen LogP contribution in [-0.2, 0) is 14.2 Å². The summed E-state index contributed by atoms with van der Waals surface area (Å²) >= 11 is 0. The molecule has 3 saturated heterocycles. The minimum atomic E-state index is -0.546. The van der Waals surface area contributed by atoms with E-state index < -0.39 is 5.79 Å². The Morgan fingerprint density at radius 3 is 2.16 bits per heavy atom. The van der Waals surface area contributed by atoms with Gasteiger partial charge in [-0.3, -0.25) is 4.98 Å². The highest BCUT2D eigenvalue weighted by atomic mass is 16.8. The quantitative estimate of drug-likeness (QED) is 0.676. The van der Waals surface area contributed by atoms with Crippen LogP contribution in [0.2, 0.25) is 0 Å². The van der Waals surface area contributed by atoms with Crippen LogP contribution in [0.3, 0.4) is 0 Å². The molecule has 0 unspecified atom stereocenters. The summed E-state index contributed by atoms with van der Waals surface area (Å²) in [4.78, 5) is 5.25. The zero-order valence-electron chi connectivity index (χ0n) is 20.2. The number of ether oxygens (including phenoxy) is 3. The lowest BCUT2D eigenvalue weighted by Crippen LogP contribution is -2.46. The Kier molecular flexibility index (Phi) is 4.69. The van der Waals surface area contributed by atoms with Gasteiger partial charge < -0.3 is 19.5 Å². The van der Waals surface area contributed by atoms with E-state index in [0.29, 0.717) is 11.3 Å². The maximum atomic E-state index is 6.60. The largest absolute Gasteiger partial charge is 0.386 e. The van der Waals surface area contributed by atoms with E-state index in [1.807, 2.05) is 20.9 Å². The Morgan fingerprint density at radius 1 is 0.968 bits per heavy atom. The number of nitrogens with one attached hydrogen (secondary N) is 1. The van der Waals surface area contributed by atoms with Gasteiger partial charge in [0.05, 0.1) is 22.6 Å². The molecule has 1 aliphatic carbocycles. The summed E-state index contributed by atoms with van der Waals surface area (Å²) in [6, 6.07) is 4.41. The molecule has 0 radical (unpaired) electrons. The molecule has 4 aliphatic rings. The van der Waals surface area contributed by atoms with Crippen molar-refractivity contribution in [2.75, 3.05) is 12.4 Å². The van der Waals surface area contributed by atoms with Crippen molar-refractivity contribution in [3.05, 3.63) is 29.6 Å². The number of aromatic nitrogens is 1. The summed E-state index contributed by atoms with van der Waals surface area (Å²) in [6.07, 6.45) is 7.55. The van der Waals surface area contributed by atoms with Gasteiger partial charge in [-0.25, -0.2) is 0 Å². The van der Waals surface area contributed by atoms with Crippen LogP contribution in [-0.4, -0.2) is 41.2 Å². The van der Waals surface area contributed by atoms with E-state index in [9.17, 15) is 0 Å². The number of allylic oxidation sites excluding steroid dienone is 2. The van der Waals surface area contributed by atoms with Gasteiger partial charge in [0.25, 0.3) is 0 Å². The summed E-state index contributed by atoms with van der Waals surface area (Å²) in [7, 11) is 1.99. The minimum Gasteiger partial charge on any atom is -0.386 e. The van der Waals surface area contributed by atoms with Crippen molar-refractivity contribution in [2.45, 2.75) is 109 Å². The van der Waals surface area contributed by atoms with Gasteiger partial charge in [-0.1, -0.05) is 19.9 Å². The van der Waals surface area contributed by atoms with Gasteiger partial charge in [0.2, 0.25) is 0 Å². The number of anilines is 1. The third-order valence-electron chi connectivity index (χ3n) is 7.95. The van der Waals surface area contributed by atoms with E-state index in [1.165, 1.54) is 17.7 Å². The van der Waals surface area contributed by atoms with Gasteiger partial charge in [0, 0.05) is 18.7 Å². The van der Waals surface area contributed by atoms with Crippen molar-refractivity contribution >= 4 is 11.3 Å². The molecule has 31 heavy (non-hydrogen) atoms. The van der Waals surface area contributed by atoms with Gasteiger partial charge in [0.15, 0.2) is 5.79 Å². The number of pyridine rings is 1. The normalized spacial score (nSPS) is 40.4. The Hall–Kier alpha value is -1.43. The molecule has 4 heterocycles. The molecule has 3 fully saturated rings. The molecule has 5 heteroatoms. The lowest BCUT2D eigenvalue weighted by molar-refractivity contribution is -0.242. The second kappa shape index (κ2) is 6.79. The first-order valence-corrected chi connectivity index (χ1v) is 11.9. The fourth-order valence-corrected chi connectivity index (χ4v) is 6.32. The number of hydrogen-bond acceptors (Lipinski definition) is 5. The lowest BCUT2D eigenvalue weighted by atomic mass is 9.77. The number of rotatable bonds is 3. The third kappa shape index (κ3) is 3.53. The van der Waals surface area contributed by atoms with Crippen LogP contribution in [0.1, 0.15) is 91.0 Å². The molecule has 5 atom stereocenters. The maximum absolute atomic E-state index is 6.60. The maximum Gasteiger partial charge on any atom is 0.164 e. The first-order valence-electron chi connectivity index (χ1n) is 11.9. The number of fused-ring (bicyclic) bond motifs is 5. The zero-order valence-corrected chi connectivity index (χ0v) is 20.2. The van der Waals surface area contributed by atoms with Crippen LogP contribution in [0.4, 0.5) is 5.69 Å². The standard InChI is InChI=1S/C26H38N2O3/c1-23(2)12-10-16(11-13-23)20-19(27-7)9-8-18(28-20)17-14-25(5)21-22(26(6,15-17)31-25)30-24(3,4)29-21/h8-10,17,21-22,27H,11-15H2,1-7H3/t17-,21-,22+,25+,26-. The van der Waals surface area contributed by atoms with Crippen molar-refractivity contribution in [1.82, 2.24) is 4.98 Å². The molecule has 1 N–H and O–H groups in total. The summed E-state index contributed by atoms with van der Waals surface area (Å²) < 4.78 is 19.3. The molecule has 2 bridgehead atoms. The summed E-state index contributed by atoms with van der Waals surface area (Å²) in [5.74, 6) is -0.217. The molecule has 1 aromatic heterocycles. The Morgan fingerprint density at radius 2 is 1.61 bits per heavy atom. The number of nitrogens with zero attached hydrogens (tertiary/aromatic N) is 1. The molecule has 170 valence electrons. The predicted octanol–water partition coefficient (Wildman–Crippen LogP) is 5.66. The van der Waals surface area contributed by atoms with Gasteiger partial charge in [-0.2, -0.15) is 0 Å². The van der Waals surface area contributed by atoms with E-state index in [-0.39, 0.29) is 23.4 Å². The smallest absolute Gasteiger partial charge is 0.164 e. The van der Waals surface area contributed by atoms with E-state index in [0.717, 1.165) is 37.1 Å². The van der Waals surface area contributed by atoms with Gasteiger partial charge >= 0.3 is 0 Å². The highest BCUT2D eigenvalue weighted by Gasteiger charge is 2.68. The fourth-order valence-electron chi connectivity index (χ4n) is 6.32. The molecule has 1 aromatic rings. The fraction of sp³-hybridized carbons (Fsp3) is 0.731. The molecular weight excluding hydrogens is 388 g/mol. The summed E-state index contributed by atoms with van der Waals surface area (Å²) in [6.45, 7) is 13.1. The Bertz CT molecular complexity index is 895. The van der Waals surface area contributed by atoms with Gasteiger partial charge in [-0.15, -0.1) is 0 Å². The van der Waals surface area contributed by atoms with E-state index >= 15 is 0 Å². The zero-order chi connectivity index (χ0) is 22.2. The Labute approximate surface area is 186 Å². The lowest BCUT2D eigenvalue weighted by Gasteiger charge is -2.43. The third-order valence-corrected chi connectivity index (χ3v) is 7.95. The highest BCUT2D eigenvalue weighted by molar-refractivity contribution is 5.74. The molecule has 3 aliphatic heterocycles. The van der Waals surface area contributed by atoms with Crippen LogP contribution < -0.4 is 5.32 Å². The van der Waals surface area contributed by atoms with Crippen molar-refractivity contribution in [2.24, 2.45) is 5.41 Å². The topological polar surface area (TPSA) is 52.6 Å². The predicted molar refractivity (Wildman–Crippen MR) is 123 cm³/mol. The monoisotopic (exact) mass is 426 g/mol. The van der Waals surface area contributed by atoms with Gasteiger partial charge in [0.1, 0.15) is 12.2 Å². The van der Waals surface area contributed by atoms with Crippen molar-refractivity contribution in [1.29, 1.82) is 0 Å².